The Morgan fingerprint density at radius 2 is 2.00 bits per heavy atom. The van der Waals surface area contributed by atoms with Crippen LogP contribution in [-0.4, -0.2) is 43.4 Å². The highest BCUT2D eigenvalue weighted by molar-refractivity contribution is 5.94. The van der Waals surface area contributed by atoms with Crippen molar-refractivity contribution in [3.63, 3.8) is 0 Å². The van der Waals surface area contributed by atoms with Crippen molar-refractivity contribution < 1.29 is 4.79 Å². The van der Waals surface area contributed by atoms with Gasteiger partial charge in [-0.25, -0.2) is 0 Å². The Bertz CT molecular complexity index is 649. The monoisotopic (exact) mass is 356 g/mol. The van der Waals surface area contributed by atoms with Crippen LogP contribution in [0.2, 0.25) is 0 Å². The molecule has 5 nitrogen and oxygen atoms in total. The number of hydrogen-bond donors (Lipinski definition) is 2. The first-order valence-electron chi connectivity index (χ1n) is 9.98. The molecule has 2 fully saturated rings. The molecule has 2 aliphatic rings. The van der Waals surface area contributed by atoms with E-state index in [0.717, 1.165) is 24.6 Å². The van der Waals surface area contributed by atoms with Gasteiger partial charge in [0.15, 0.2) is 5.96 Å². The molecule has 1 aromatic carbocycles. The summed E-state index contributed by atoms with van der Waals surface area (Å²) in [5.41, 5.74) is 2.33. The van der Waals surface area contributed by atoms with Crippen molar-refractivity contribution in [3.8, 4) is 0 Å². The standard InChI is InChI=1S/C21H32N4O/c1-3-23-19(26)18-9-7-8-17(14-18)15-24-20(22-2)25-13-12-21(16-25)10-5-4-6-11-21/h7-9,14H,3-6,10-13,15-16H2,1-2H3,(H,22,24)(H,23,26). The molecule has 0 atom stereocenters. The average molecular weight is 357 g/mol. The normalized spacial score (nSPS) is 19.6. The van der Waals surface area contributed by atoms with Gasteiger partial charge in [-0.15, -0.1) is 0 Å². The van der Waals surface area contributed by atoms with Crippen LogP contribution in [-0.2, 0) is 6.54 Å². The number of hydrogen-bond acceptors (Lipinski definition) is 2. The Morgan fingerprint density at radius 3 is 2.73 bits per heavy atom. The summed E-state index contributed by atoms with van der Waals surface area (Å²) >= 11 is 0. The van der Waals surface area contributed by atoms with Gasteiger partial charge < -0.3 is 15.5 Å². The van der Waals surface area contributed by atoms with Gasteiger partial charge in [-0.05, 0) is 49.3 Å². The number of carbonyl (C=O) groups excluding carboxylic acids is 1. The van der Waals surface area contributed by atoms with Crippen LogP contribution in [0.1, 0.15) is 61.4 Å². The second-order valence-electron chi connectivity index (χ2n) is 7.69. The Kier molecular flexibility index (Phi) is 6.17. The Labute approximate surface area is 157 Å². The predicted molar refractivity (Wildman–Crippen MR) is 106 cm³/mol. The predicted octanol–water partition coefficient (Wildman–Crippen LogP) is 3.17. The van der Waals surface area contributed by atoms with Gasteiger partial charge in [0, 0.05) is 38.8 Å². The summed E-state index contributed by atoms with van der Waals surface area (Å²) in [5.74, 6) is 0.966. The Morgan fingerprint density at radius 1 is 1.19 bits per heavy atom. The summed E-state index contributed by atoms with van der Waals surface area (Å²) in [6.07, 6.45) is 8.19. The first-order valence-corrected chi connectivity index (χ1v) is 9.98. The molecule has 2 N–H and O–H groups in total. The summed E-state index contributed by atoms with van der Waals surface area (Å²) in [5, 5.41) is 6.34. The van der Waals surface area contributed by atoms with Gasteiger partial charge in [-0.1, -0.05) is 31.4 Å². The number of guanidine groups is 1. The molecule has 0 bridgehead atoms. The maximum Gasteiger partial charge on any atom is 0.251 e. The molecule has 1 saturated carbocycles. The summed E-state index contributed by atoms with van der Waals surface area (Å²) in [6.45, 7) is 5.49. The molecule has 1 saturated heterocycles. The lowest BCUT2D eigenvalue weighted by Crippen LogP contribution is -2.41. The summed E-state index contributed by atoms with van der Waals surface area (Å²) in [6, 6.07) is 7.81. The molecule has 0 aromatic heterocycles. The zero-order valence-corrected chi connectivity index (χ0v) is 16.2. The van der Waals surface area contributed by atoms with Crippen molar-refractivity contribution in [2.45, 2.75) is 52.0 Å². The van der Waals surface area contributed by atoms with E-state index in [-0.39, 0.29) is 5.91 Å². The minimum atomic E-state index is -0.0162. The lowest BCUT2D eigenvalue weighted by molar-refractivity contribution is 0.0955. The lowest BCUT2D eigenvalue weighted by Gasteiger charge is -2.33. The third-order valence-electron chi connectivity index (χ3n) is 5.84. The number of likely N-dealkylation sites (tertiary alicyclic amines) is 1. The van der Waals surface area contributed by atoms with Crippen LogP contribution in [0.4, 0.5) is 0 Å². The van der Waals surface area contributed by atoms with Crippen molar-refractivity contribution in [1.29, 1.82) is 0 Å². The quantitative estimate of drug-likeness (QED) is 0.643. The third-order valence-corrected chi connectivity index (χ3v) is 5.84. The van der Waals surface area contributed by atoms with Gasteiger partial charge in [0.25, 0.3) is 5.91 Å². The SMILES string of the molecule is CCNC(=O)c1cccc(CNC(=NC)N2CCC3(CCCCC3)C2)c1. The molecule has 1 amide bonds. The topological polar surface area (TPSA) is 56.7 Å². The highest BCUT2D eigenvalue weighted by atomic mass is 16.1. The number of amides is 1. The summed E-state index contributed by atoms with van der Waals surface area (Å²) < 4.78 is 0. The number of benzene rings is 1. The molecule has 5 heteroatoms. The van der Waals surface area contributed by atoms with E-state index < -0.39 is 0 Å². The van der Waals surface area contributed by atoms with Gasteiger partial charge in [-0.2, -0.15) is 0 Å². The van der Waals surface area contributed by atoms with Crippen molar-refractivity contribution in [1.82, 2.24) is 15.5 Å². The molecule has 1 aromatic rings. The smallest absolute Gasteiger partial charge is 0.251 e. The highest BCUT2D eigenvalue weighted by Gasteiger charge is 2.39. The zero-order valence-electron chi connectivity index (χ0n) is 16.2. The van der Waals surface area contributed by atoms with Crippen LogP contribution in [0.15, 0.2) is 29.3 Å². The molecule has 0 unspecified atom stereocenters. The maximum atomic E-state index is 12.0. The first kappa shape index (κ1) is 18.7. The van der Waals surface area contributed by atoms with Crippen molar-refractivity contribution in [2.75, 3.05) is 26.7 Å². The molecule has 1 spiro atoms. The fourth-order valence-electron chi connectivity index (χ4n) is 4.42. The van der Waals surface area contributed by atoms with Crippen LogP contribution >= 0.6 is 0 Å². The number of rotatable bonds is 4. The van der Waals surface area contributed by atoms with Crippen molar-refractivity contribution in [2.24, 2.45) is 10.4 Å². The lowest BCUT2D eigenvalue weighted by atomic mass is 9.73. The van der Waals surface area contributed by atoms with Crippen molar-refractivity contribution in [3.05, 3.63) is 35.4 Å². The summed E-state index contributed by atoms with van der Waals surface area (Å²) in [7, 11) is 1.86. The van der Waals surface area contributed by atoms with E-state index >= 15 is 0 Å². The minimum Gasteiger partial charge on any atom is -0.352 e. The molecule has 1 heterocycles. The molecule has 26 heavy (non-hydrogen) atoms. The minimum absolute atomic E-state index is 0.0162. The largest absolute Gasteiger partial charge is 0.352 e. The van der Waals surface area contributed by atoms with Crippen LogP contribution in [0.25, 0.3) is 0 Å². The van der Waals surface area contributed by atoms with E-state index in [0.29, 0.717) is 24.1 Å². The van der Waals surface area contributed by atoms with E-state index in [1.165, 1.54) is 38.5 Å². The van der Waals surface area contributed by atoms with E-state index in [9.17, 15) is 4.79 Å². The molecule has 3 rings (SSSR count). The number of aliphatic imine (C=N–C) groups is 1. The molecular formula is C21H32N4O. The fourth-order valence-corrected chi connectivity index (χ4v) is 4.42. The maximum absolute atomic E-state index is 12.0. The molecule has 1 aliphatic carbocycles. The van der Waals surface area contributed by atoms with Crippen molar-refractivity contribution >= 4 is 11.9 Å². The third kappa shape index (κ3) is 4.37. The van der Waals surface area contributed by atoms with Gasteiger partial charge in [0.05, 0.1) is 0 Å². The zero-order chi connectivity index (χ0) is 18.4. The fraction of sp³-hybridized carbons (Fsp3) is 0.619. The Hall–Kier alpha value is -2.04. The van der Waals surface area contributed by atoms with E-state index in [4.69, 9.17) is 0 Å². The first-order chi connectivity index (χ1) is 12.7. The van der Waals surface area contributed by atoms with E-state index in [2.05, 4.69) is 26.6 Å². The second kappa shape index (κ2) is 8.56. The second-order valence-corrected chi connectivity index (χ2v) is 7.69. The van der Waals surface area contributed by atoms with E-state index in [1.807, 2.05) is 32.2 Å². The number of nitrogens with one attached hydrogen (secondary N) is 2. The molecular weight excluding hydrogens is 324 g/mol. The van der Waals surface area contributed by atoms with Gasteiger partial charge in [0.2, 0.25) is 0 Å². The highest BCUT2D eigenvalue weighted by Crippen LogP contribution is 2.43. The summed E-state index contributed by atoms with van der Waals surface area (Å²) in [4.78, 5) is 18.9. The average Bonchev–Trinajstić information content (AvgIpc) is 3.06. The van der Waals surface area contributed by atoms with Gasteiger partial charge in [-0.3, -0.25) is 9.79 Å². The van der Waals surface area contributed by atoms with Gasteiger partial charge >= 0.3 is 0 Å². The van der Waals surface area contributed by atoms with E-state index in [1.54, 1.807) is 0 Å². The van der Waals surface area contributed by atoms with Crippen LogP contribution in [0.5, 0.6) is 0 Å². The van der Waals surface area contributed by atoms with Gasteiger partial charge in [0.1, 0.15) is 0 Å². The number of nitrogens with zero attached hydrogens (tertiary/aromatic N) is 2. The van der Waals surface area contributed by atoms with Crippen LogP contribution < -0.4 is 10.6 Å². The Balaban J connectivity index is 1.58. The molecule has 142 valence electrons. The number of carbonyl (C=O) groups is 1. The molecule has 0 radical (unpaired) electrons. The van der Waals surface area contributed by atoms with Crippen LogP contribution in [0.3, 0.4) is 0 Å². The van der Waals surface area contributed by atoms with Crippen LogP contribution in [0, 0.1) is 5.41 Å². The molecule has 1 aliphatic heterocycles.